The van der Waals surface area contributed by atoms with Crippen LogP contribution >= 0.6 is 0 Å². The van der Waals surface area contributed by atoms with Crippen LogP contribution in [0.3, 0.4) is 0 Å². The lowest BCUT2D eigenvalue weighted by Crippen LogP contribution is -2.21. The monoisotopic (exact) mass is 204 g/mol. The van der Waals surface area contributed by atoms with E-state index in [4.69, 9.17) is 0 Å². The zero-order valence-corrected chi connectivity index (χ0v) is 9.04. The predicted molar refractivity (Wildman–Crippen MR) is 61.9 cm³/mol. The maximum atomic E-state index is 9.32. The lowest BCUT2D eigenvalue weighted by molar-refractivity contribution is 0.476. The summed E-state index contributed by atoms with van der Waals surface area (Å²) in [5.74, 6) is 0.299. The zero-order valence-electron chi connectivity index (χ0n) is 9.04. The second-order valence-electron chi connectivity index (χ2n) is 4.10. The number of nitrogens with one attached hydrogen (secondary N) is 2. The van der Waals surface area contributed by atoms with Gasteiger partial charge in [-0.15, -0.1) is 0 Å². The third-order valence-corrected chi connectivity index (χ3v) is 2.36. The minimum Gasteiger partial charge on any atom is -0.508 e. The van der Waals surface area contributed by atoms with Gasteiger partial charge in [-0.05, 0) is 23.6 Å². The molecule has 0 bridgehead atoms. The molecule has 3 N–H and O–H groups in total. The van der Waals surface area contributed by atoms with Gasteiger partial charge in [0.2, 0.25) is 0 Å². The molecule has 1 aromatic heterocycles. The molecular formula is C12H16N2O. The Morgan fingerprint density at radius 2 is 2.13 bits per heavy atom. The van der Waals surface area contributed by atoms with Crippen LogP contribution in [0.1, 0.15) is 19.5 Å². The summed E-state index contributed by atoms with van der Waals surface area (Å²) in [4.78, 5) is 3.27. The number of aromatic hydroxyl groups is 1. The Labute approximate surface area is 89.1 Å². The van der Waals surface area contributed by atoms with E-state index in [2.05, 4.69) is 30.2 Å². The minimum atomic E-state index is 0.299. The molecule has 15 heavy (non-hydrogen) atoms. The SMILES string of the molecule is CC(C)NCc1cc2ccc(O)cc2[nH]1. The maximum absolute atomic E-state index is 9.32. The summed E-state index contributed by atoms with van der Waals surface area (Å²) in [5.41, 5.74) is 2.12. The van der Waals surface area contributed by atoms with E-state index in [-0.39, 0.29) is 0 Å². The molecule has 0 radical (unpaired) electrons. The third-order valence-electron chi connectivity index (χ3n) is 2.36. The van der Waals surface area contributed by atoms with Crippen LogP contribution in [-0.4, -0.2) is 16.1 Å². The van der Waals surface area contributed by atoms with Crippen molar-refractivity contribution in [2.45, 2.75) is 26.4 Å². The molecule has 1 heterocycles. The fraction of sp³-hybridized carbons (Fsp3) is 0.333. The Balaban J connectivity index is 2.23. The van der Waals surface area contributed by atoms with Gasteiger partial charge in [-0.3, -0.25) is 0 Å². The molecule has 3 nitrogen and oxygen atoms in total. The summed E-state index contributed by atoms with van der Waals surface area (Å²) in [6, 6.07) is 7.94. The lowest BCUT2D eigenvalue weighted by atomic mass is 10.2. The number of phenols is 1. The van der Waals surface area contributed by atoms with Crippen molar-refractivity contribution in [3.8, 4) is 5.75 Å². The average Bonchev–Trinajstić information content (AvgIpc) is 2.56. The quantitative estimate of drug-likeness (QED) is 0.718. The highest BCUT2D eigenvalue weighted by Crippen LogP contribution is 2.20. The Hall–Kier alpha value is -1.48. The van der Waals surface area contributed by atoms with Crippen LogP contribution in [0.25, 0.3) is 10.9 Å². The van der Waals surface area contributed by atoms with E-state index in [1.165, 1.54) is 0 Å². The normalized spacial score (nSPS) is 11.4. The number of rotatable bonds is 3. The van der Waals surface area contributed by atoms with Crippen molar-refractivity contribution in [1.29, 1.82) is 0 Å². The van der Waals surface area contributed by atoms with Gasteiger partial charge in [0, 0.05) is 29.9 Å². The molecule has 0 fully saturated rings. The number of aromatic nitrogens is 1. The van der Waals surface area contributed by atoms with E-state index in [0.717, 1.165) is 23.1 Å². The number of H-pyrrole nitrogens is 1. The molecule has 0 aliphatic heterocycles. The molecule has 0 aliphatic rings. The minimum absolute atomic E-state index is 0.299. The fourth-order valence-electron chi connectivity index (χ4n) is 1.58. The van der Waals surface area contributed by atoms with E-state index in [1.54, 1.807) is 12.1 Å². The molecule has 0 spiro atoms. The van der Waals surface area contributed by atoms with E-state index in [1.807, 2.05) is 6.07 Å². The Kier molecular flexibility index (Phi) is 2.64. The van der Waals surface area contributed by atoms with Gasteiger partial charge in [0.15, 0.2) is 0 Å². The molecule has 80 valence electrons. The van der Waals surface area contributed by atoms with Crippen molar-refractivity contribution in [2.24, 2.45) is 0 Å². The van der Waals surface area contributed by atoms with E-state index < -0.39 is 0 Å². The van der Waals surface area contributed by atoms with Gasteiger partial charge in [-0.2, -0.15) is 0 Å². The molecule has 1 aromatic carbocycles. The molecule has 0 amide bonds. The van der Waals surface area contributed by atoms with E-state index in [0.29, 0.717) is 11.8 Å². The van der Waals surface area contributed by atoms with Gasteiger partial charge in [-0.25, -0.2) is 0 Å². The molecule has 3 heteroatoms. The number of fused-ring (bicyclic) bond motifs is 1. The fourth-order valence-corrected chi connectivity index (χ4v) is 1.58. The number of phenolic OH excluding ortho intramolecular Hbond substituents is 1. The van der Waals surface area contributed by atoms with Crippen molar-refractivity contribution in [1.82, 2.24) is 10.3 Å². The van der Waals surface area contributed by atoms with Crippen molar-refractivity contribution < 1.29 is 5.11 Å². The highest BCUT2D eigenvalue weighted by atomic mass is 16.3. The number of benzene rings is 1. The number of hydrogen-bond donors (Lipinski definition) is 3. The van der Waals surface area contributed by atoms with Gasteiger partial charge in [0.05, 0.1) is 0 Å². The van der Waals surface area contributed by atoms with Crippen molar-refractivity contribution in [3.63, 3.8) is 0 Å². The van der Waals surface area contributed by atoms with Crippen LogP contribution < -0.4 is 5.32 Å². The lowest BCUT2D eigenvalue weighted by Gasteiger charge is -2.05. The first-order chi connectivity index (χ1) is 7.15. The van der Waals surface area contributed by atoms with Gasteiger partial charge in [-0.1, -0.05) is 13.8 Å². The second-order valence-corrected chi connectivity index (χ2v) is 4.10. The first-order valence-electron chi connectivity index (χ1n) is 5.19. The Morgan fingerprint density at radius 3 is 2.87 bits per heavy atom. The van der Waals surface area contributed by atoms with E-state index in [9.17, 15) is 5.11 Å². The highest BCUT2D eigenvalue weighted by molar-refractivity contribution is 5.81. The molecule has 0 aliphatic carbocycles. The number of hydrogen-bond acceptors (Lipinski definition) is 2. The van der Waals surface area contributed by atoms with Gasteiger partial charge >= 0.3 is 0 Å². The van der Waals surface area contributed by atoms with Crippen LogP contribution in [0.2, 0.25) is 0 Å². The summed E-state index contributed by atoms with van der Waals surface area (Å²) in [7, 11) is 0. The van der Waals surface area contributed by atoms with Crippen LogP contribution in [-0.2, 0) is 6.54 Å². The molecule has 2 rings (SSSR count). The maximum Gasteiger partial charge on any atom is 0.117 e. The van der Waals surface area contributed by atoms with Crippen LogP contribution in [0.4, 0.5) is 0 Å². The summed E-state index contributed by atoms with van der Waals surface area (Å²) in [5, 5.41) is 13.8. The molecule has 0 unspecified atom stereocenters. The summed E-state index contributed by atoms with van der Waals surface area (Å²) in [6.45, 7) is 5.07. The molecular weight excluding hydrogens is 188 g/mol. The van der Waals surface area contributed by atoms with Crippen molar-refractivity contribution >= 4 is 10.9 Å². The molecule has 0 atom stereocenters. The Bertz CT molecular complexity index is 460. The van der Waals surface area contributed by atoms with Crippen molar-refractivity contribution in [3.05, 3.63) is 30.0 Å². The predicted octanol–water partition coefficient (Wildman–Crippen LogP) is 2.37. The zero-order chi connectivity index (χ0) is 10.8. The van der Waals surface area contributed by atoms with Crippen LogP contribution in [0.5, 0.6) is 5.75 Å². The smallest absolute Gasteiger partial charge is 0.117 e. The standard InChI is InChI=1S/C12H16N2O/c1-8(2)13-7-10-5-9-3-4-11(15)6-12(9)14-10/h3-6,8,13-15H,7H2,1-2H3. The summed E-state index contributed by atoms with van der Waals surface area (Å²) in [6.07, 6.45) is 0. The van der Waals surface area contributed by atoms with Gasteiger partial charge in [0.25, 0.3) is 0 Å². The van der Waals surface area contributed by atoms with Crippen LogP contribution in [0, 0.1) is 0 Å². The van der Waals surface area contributed by atoms with Crippen LogP contribution in [0.15, 0.2) is 24.3 Å². The average molecular weight is 204 g/mol. The van der Waals surface area contributed by atoms with E-state index >= 15 is 0 Å². The largest absolute Gasteiger partial charge is 0.508 e. The second kappa shape index (κ2) is 3.95. The Morgan fingerprint density at radius 1 is 1.33 bits per heavy atom. The third kappa shape index (κ3) is 2.30. The van der Waals surface area contributed by atoms with Gasteiger partial charge in [0.1, 0.15) is 5.75 Å². The first kappa shape index (κ1) is 10.1. The van der Waals surface area contributed by atoms with Gasteiger partial charge < -0.3 is 15.4 Å². The summed E-state index contributed by atoms with van der Waals surface area (Å²) < 4.78 is 0. The highest BCUT2D eigenvalue weighted by Gasteiger charge is 2.01. The topological polar surface area (TPSA) is 48.0 Å². The molecule has 0 saturated heterocycles. The molecule has 0 saturated carbocycles. The number of aromatic amines is 1. The molecule has 2 aromatic rings. The summed E-state index contributed by atoms with van der Waals surface area (Å²) >= 11 is 0. The first-order valence-corrected chi connectivity index (χ1v) is 5.19. The van der Waals surface area contributed by atoms with Crippen molar-refractivity contribution in [2.75, 3.05) is 0 Å².